The molecule has 1 unspecified atom stereocenters. The van der Waals surface area contributed by atoms with Gasteiger partial charge in [0.05, 0.1) is 6.04 Å². The Morgan fingerprint density at radius 1 is 1.13 bits per heavy atom. The third-order valence-corrected chi connectivity index (χ3v) is 3.32. The number of hydrogen-bond acceptors (Lipinski definition) is 3. The Hall–Kier alpha value is -0.410. The average Bonchev–Trinajstić information content (AvgIpc) is 2.16. The first-order valence-corrected chi connectivity index (χ1v) is 5.93. The zero-order valence-electron chi connectivity index (χ0n) is 10.7. The quantitative estimate of drug-likeness (QED) is 0.706. The van der Waals surface area contributed by atoms with Gasteiger partial charge in [-0.1, -0.05) is 0 Å². The predicted molar refractivity (Wildman–Crippen MR) is 63.0 cm³/mol. The number of nitrogens with zero attached hydrogens (tertiary/aromatic N) is 2. The smallest absolute Gasteiger partial charge is 0.148 e. The number of carbonyl (C=O) groups is 1. The van der Waals surface area contributed by atoms with Gasteiger partial charge in [0, 0.05) is 31.7 Å². The Morgan fingerprint density at radius 3 is 2.13 bits per heavy atom. The molecule has 0 amide bonds. The Balaban J connectivity index is 2.69. The second-order valence-corrected chi connectivity index (χ2v) is 5.05. The molecule has 3 nitrogen and oxygen atoms in total. The number of rotatable bonds is 3. The number of carbonyl (C=O) groups excluding carboxylic acids is 1. The first kappa shape index (κ1) is 12.7. The maximum atomic E-state index is 11.6. The van der Waals surface area contributed by atoms with Gasteiger partial charge in [0.1, 0.15) is 5.78 Å². The Bertz CT molecular complexity index is 226. The van der Waals surface area contributed by atoms with Crippen molar-refractivity contribution in [3.63, 3.8) is 0 Å². The van der Waals surface area contributed by atoms with Gasteiger partial charge in [0.25, 0.3) is 0 Å². The van der Waals surface area contributed by atoms with Crippen LogP contribution in [0.3, 0.4) is 0 Å². The molecule has 0 aromatic rings. The zero-order chi connectivity index (χ0) is 11.6. The summed E-state index contributed by atoms with van der Waals surface area (Å²) in [6.07, 6.45) is 0. The lowest BCUT2D eigenvalue weighted by molar-refractivity contribution is -0.125. The van der Waals surface area contributed by atoms with Crippen molar-refractivity contribution in [3.05, 3.63) is 0 Å². The molecule has 1 saturated heterocycles. The van der Waals surface area contributed by atoms with Crippen molar-refractivity contribution < 1.29 is 4.79 Å². The monoisotopic (exact) mass is 212 g/mol. The molecule has 3 heteroatoms. The van der Waals surface area contributed by atoms with Gasteiger partial charge in [-0.05, 0) is 34.6 Å². The van der Waals surface area contributed by atoms with Gasteiger partial charge in [-0.25, -0.2) is 0 Å². The number of hydrogen-bond donors (Lipinski definition) is 0. The molecule has 1 atom stereocenters. The first-order chi connectivity index (χ1) is 6.93. The molecule has 0 spiro atoms. The highest BCUT2D eigenvalue weighted by Gasteiger charge is 2.32. The summed E-state index contributed by atoms with van der Waals surface area (Å²) < 4.78 is 0. The summed E-state index contributed by atoms with van der Waals surface area (Å²) in [6.45, 7) is 13.4. The molecular weight excluding hydrogens is 188 g/mol. The van der Waals surface area contributed by atoms with Crippen LogP contribution in [0.5, 0.6) is 0 Å². The molecule has 1 aliphatic rings. The number of piperazine rings is 1. The van der Waals surface area contributed by atoms with E-state index in [0.29, 0.717) is 17.9 Å². The van der Waals surface area contributed by atoms with Crippen molar-refractivity contribution in [2.75, 3.05) is 19.6 Å². The van der Waals surface area contributed by atoms with Crippen LogP contribution in [0.15, 0.2) is 0 Å². The van der Waals surface area contributed by atoms with Crippen molar-refractivity contribution in [1.82, 2.24) is 9.80 Å². The summed E-state index contributed by atoms with van der Waals surface area (Å²) in [6, 6.07) is 1.11. The highest BCUT2D eigenvalue weighted by molar-refractivity contribution is 5.81. The van der Waals surface area contributed by atoms with E-state index in [0.717, 1.165) is 19.6 Å². The molecule has 1 heterocycles. The fourth-order valence-corrected chi connectivity index (χ4v) is 2.27. The lowest BCUT2D eigenvalue weighted by atomic mass is 10.0. The van der Waals surface area contributed by atoms with Gasteiger partial charge in [-0.3, -0.25) is 14.6 Å². The third-order valence-electron chi connectivity index (χ3n) is 3.32. The predicted octanol–water partition coefficient (Wildman–Crippen LogP) is 1.38. The van der Waals surface area contributed by atoms with Gasteiger partial charge < -0.3 is 0 Å². The molecule has 0 bridgehead atoms. The van der Waals surface area contributed by atoms with Gasteiger partial charge in [-0.15, -0.1) is 0 Å². The maximum Gasteiger partial charge on any atom is 0.148 e. The standard InChI is InChI=1S/C12H24N2O/c1-9(2)13-6-7-14(10(3)4)12(8-13)11(5)15/h9-10,12H,6-8H2,1-5H3. The molecular formula is C12H24N2O. The van der Waals surface area contributed by atoms with Crippen LogP contribution in [0.25, 0.3) is 0 Å². The molecule has 0 saturated carbocycles. The van der Waals surface area contributed by atoms with Crippen LogP contribution in [0.1, 0.15) is 34.6 Å². The van der Waals surface area contributed by atoms with Gasteiger partial charge in [0.2, 0.25) is 0 Å². The molecule has 0 aromatic carbocycles. The van der Waals surface area contributed by atoms with E-state index in [2.05, 4.69) is 37.5 Å². The topological polar surface area (TPSA) is 23.6 Å². The van der Waals surface area contributed by atoms with Crippen LogP contribution < -0.4 is 0 Å². The first-order valence-electron chi connectivity index (χ1n) is 5.93. The molecule has 15 heavy (non-hydrogen) atoms. The SMILES string of the molecule is CC(=O)C1CN(C(C)C)CCN1C(C)C. The molecule has 0 N–H and O–H groups in total. The summed E-state index contributed by atoms with van der Waals surface area (Å²) in [5.41, 5.74) is 0. The summed E-state index contributed by atoms with van der Waals surface area (Å²) in [5.74, 6) is 0.300. The van der Waals surface area contributed by atoms with Crippen molar-refractivity contribution in [1.29, 1.82) is 0 Å². The van der Waals surface area contributed by atoms with E-state index in [4.69, 9.17) is 0 Å². The largest absolute Gasteiger partial charge is 0.298 e. The van der Waals surface area contributed by atoms with Crippen LogP contribution in [0.2, 0.25) is 0 Å². The molecule has 0 radical (unpaired) electrons. The Morgan fingerprint density at radius 2 is 1.73 bits per heavy atom. The second-order valence-electron chi connectivity index (χ2n) is 5.05. The van der Waals surface area contributed by atoms with Crippen molar-refractivity contribution in [3.8, 4) is 0 Å². The van der Waals surface area contributed by atoms with E-state index in [9.17, 15) is 4.79 Å². The van der Waals surface area contributed by atoms with Gasteiger partial charge >= 0.3 is 0 Å². The van der Waals surface area contributed by atoms with E-state index in [1.54, 1.807) is 6.92 Å². The van der Waals surface area contributed by atoms with Crippen LogP contribution in [0, 0.1) is 0 Å². The number of Topliss-reactive ketones (excluding diaryl/α,β-unsaturated/α-hetero) is 1. The highest BCUT2D eigenvalue weighted by atomic mass is 16.1. The van der Waals surface area contributed by atoms with Crippen LogP contribution >= 0.6 is 0 Å². The normalized spacial score (nSPS) is 25.1. The minimum absolute atomic E-state index is 0.0983. The fraction of sp³-hybridized carbons (Fsp3) is 0.917. The summed E-state index contributed by atoms with van der Waals surface area (Å²) in [5, 5.41) is 0. The highest BCUT2D eigenvalue weighted by Crippen LogP contribution is 2.15. The summed E-state index contributed by atoms with van der Waals surface area (Å²) in [7, 11) is 0. The summed E-state index contributed by atoms with van der Waals surface area (Å²) >= 11 is 0. The third kappa shape index (κ3) is 3.02. The van der Waals surface area contributed by atoms with Crippen LogP contribution in [-0.2, 0) is 4.79 Å². The molecule has 0 aliphatic carbocycles. The van der Waals surface area contributed by atoms with E-state index >= 15 is 0 Å². The van der Waals surface area contributed by atoms with Gasteiger partial charge in [0.15, 0.2) is 0 Å². The maximum absolute atomic E-state index is 11.6. The molecule has 1 fully saturated rings. The lowest BCUT2D eigenvalue weighted by Crippen LogP contribution is -2.59. The summed E-state index contributed by atoms with van der Waals surface area (Å²) in [4.78, 5) is 16.3. The lowest BCUT2D eigenvalue weighted by Gasteiger charge is -2.43. The van der Waals surface area contributed by atoms with Crippen LogP contribution in [-0.4, -0.2) is 53.3 Å². The molecule has 1 aliphatic heterocycles. The van der Waals surface area contributed by atoms with Crippen molar-refractivity contribution in [2.24, 2.45) is 0 Å². The zero-order valence-corrected chi connectivity index (χ0v) is 10.7. The van der Waals surface area contributed by atoms with E-state index in [1.165, 1.54) is 0 Å². The van der Waals surface area contributed by atoms with Gasteiger partial charge in [-0.2, -0.15) is 0 Å². The minimum atomic E-state index is 0.0983. The van der Waals surface area contributed by atoms with Crippen molar-refractivity contribution in [2.45, 2.75) is 52.7 Å². The van der Waals surface area contributed by atoms with E-state index in [1.807, 2.05) is 0 Å². The Labute approximate surface area is 93.4 Å². The number of ketones is 1. The average molecular weight is 212 g/mol. The van der Waals surface area contributed by atoms with E-state index < -0.39 is 0 Å². The molecule has 0 aromatic heterocycles. The van der Waals surface area contributed by atoms with Crippen LogP contribution in [0.4, 0.5) is 0 Å². The second kappa shape index (κ2) is 5.08. The molecule has 88 valence electrons. The van der Waals surface area contributed by atoms with Crippen molar-refractivity contribution >= 4 is 5.78 Å². The minimum Gasteiger partial charge on any atom is -0.298 e. The molecule has 1 rings (SSSR count). The van der Waals surface area contributed by atoms with E-state index in [-0.39, 0.29) is 6.04 Å². The Kier molecular flexibility index (Phi) is 4.29. The fourth-order valence-electron chi connectivity index (χ4n) is 2.27.